The maximum atomic E-state index is 10.7. The molecule has 1 unspecified atom stereocenters. The minimum atomic E-state index is -0.346. The van der Waals surface area contributed by atoms with Gasteiger partial charge in [0, 0.05) is 24.7 Å². The topological polar surface area (TPSA) is 58.4 Å². The van der Waals surface area contributed by atoms with E-state index in [-0.39, 0.29) is 10.6 Å². The Morgan fingerprint density at radius 3 is 3.05 bits per heavy atom. The van der Waals surface area contributed by atoms with Crippen LogP contribution < -0.4 is 5.32 Å². The second-order valence-corrected chi connectivity index (χ2v) is 5.84. The average molecular weight is 291 g/mol. The zero-order valence-electron chi connectivity index (χ0n) is 12.8. The van der Waals surface area contributed by atoms with E-state index in [1.54, 1.807) is 12.1 Å². The molecule has 1 N–H and O–H groups in total. The minimum absolute atomic E-state index is 0.163. The fraction of sp³-hybridized carbons (Fsp3) is 0.625. The van der Waals surface area contributed by atoms with E-state index in [0.717, 1.165) is 31.1 Å². The Hall–Kier alpha value is -1.46. The fourth-order valence-corrected chi connectivity index (χ4v) is 2.91. The van der Waals surface area contributed by atoms with Gasteiger partial charge in [0.15, 0.2) is 0 Å². The first-order valence-corrected chi connectivity index (χ1v) is 7.85. The van der Waals surface area contributed by atoms with Gasteiger partial charge in [-0.25, -0.2) is 0 Å². The molecule has 2 rings (SSSR count). The summed E-state index contributed by atoms with van der Waals surface area (Å²) in [5.74, 6) is 0. The van der Waals surface area contributed by atoms with Crippen molar-refractivity contribution in [2.75, 3.05) is 19.6 Å². The highest BCUT2D eigenvalue weighted by atomic mass is 16.6. The van der Waals surface area contributed by atoms with Crippen LogP contribution in [0.2, 0.25) is 0 Å². The summed E-state index contributed by atoms with van der Waals surface area (Å²) in [6.07, 6.45) is 5.13. The Balaban J connectivity index is 1.65. The van der Waals surface area contributed by atoms with Crippen LogP contribution in [0, 0.1) is 10.1 Å². The number of rotatable bonds is 7. The molecule has 0 bridgehead atoms. The molecule has 1 aromatic carbocycles. The van der Waals surface area contributed by atoms with E-state index >= 15 is 0 Å². The standard InChI is InChI=1S/C16H25N3O2/c1-14-6-2-3-10-18(14)11-5-9-17-13-15-7-4-8-16(12-15)19(20)21/h4,7-8,12,14,17H,2-3,5-6,9-11,13H2,1H3. The van der Waals surface area contributed by atoms with Gasteiger partial charge in [0.25, 0.3) is 5.69 Å². The van der Waals surface area contributed by atoms with Crippen LogP contribution in [0.1, 0.15) is 38.2 Å². The van der Waals surface area contributed by atoms with Crippen LogP contribution in [0.15, 0.2) is 24.3 Å². The van der Waals surface area contributed by atoms with Crippen molar-refractivity contribution in [3.05, 3.63) is 39.9 Å². The van der Waals surface area contributed by atoms with Crippen molar-refractivity contribution < 1.29 is 4.92 Å². The van der Waals surface area contributed by atoms with Gasteiger partial charge in [-0.05, 0) is 51.4 Å². The van der Waals surface area contributed by atoms with E-state index < -0.39 is 0 Å². The number of nitro benzene ring substituents is 1. The van der Waals surface area contributed by atoms with Crippen LogP contribution >= 0.6 is 0 Å². The second-order valence-electron chi connectivity index (χ2n) is 5.84. The third-order valence-corrected chi connectivity index (χ3v) is 4.19. The van der Waals surface area contributed by atoms with E-state index in [1.807, 2.05) is 6.07 Å². The van der Waals surface area contributed by atoms with Gasteiger partial charge in [0.05, 0.1) is 4.92 Å². The van der Waals surface area contributed by atoms with Crippen molar-refractivity contribution in [3.63, 3.8) is 0 Å². The average Bonchev–Trinajstić information content (AvgIpc) is 2.49. The molecule has 1 aliphatic rings. The summed E-state index contributed by atoms with van der Waals surface area (Å²) in [6, 6.07) is 7.55. The molecule has 1 aliphatic heterocycles. The van der Waals surface area contributed by atoms with Crippen molar-refractivity contribution in [2.24, 2.45) is 0 Å². The second kappa shape index (κ2) is 8.10. The van der Waals surface area contributed by atoms with Gasteiger partial charge in [0.2, 0.25) is 0 Å². The molecule has 0 aliphatic carbocycles. The molecule has 116 valence electrons. The van der Waals surface area contributed by atoms with Crippen LogP contribution in [-0.2, 0) is 6.54 Å². The van der Waals surface area contributed by atoms with Crippen LogP contribution in [0.5, 0.6) is 0 Å². The highest BCUT2D eigenvalue weighted by Crippen LogP contribution is 2.16. The molecular weight excluding hydrogens is 266 g/mol. The zero-order valence-corrected chi connectivity index (χ0v) is 12.8. The van der Waals surface area contributed by atoms with Gasteiger partial charge in [0.1, 0.15) is 0 Å². The fourth-order valence-electron chi connectivity index (χ4n) is 2.91. The molecule has 5 heteroatoms. The molecular formula is C16H25N3O2. The van der Waals surface area contributed by atoms with Crippen molar-refractivity contribution in [3.8, 4) is 0 Å². The zero-order chi connectivity index (χ0) is 15.1. The van der Waals surface area contributed by atoms with Gasteiger partial charge in [-0.3, -0.25) is 10.1 Å². The molecule has 0 amide bonds. The quantitative estimate of drug-likeness (QED) is 0.477. The Kier molecular flexibility index (Phi) is 6.14. The van der Waals surface area contributed by atoms with Crippen molar-refractivity contribution in [2.45, 2.75) is 45.2 Å². The van der Waals surface area contributed by atoms with Gasteiger partial charge >= 0.3 is 0 Å². The van der Waals surface area contributed by atoms with Crippen molar-refractivity contribution >= 4 is 5.69 Å². The monoisotopic (exact) mass is 291 g/mol. The lowest BCUT2D eigenvalue weighted by atomic mass is 10.0. The molecule has 5 nitrogen and oxygen atoms in total. The molecule has 21 heavy (non-hydrogen) atoms. The number of nitrogens with zero attached hydrogens (tertiary/aromatic N) is 2. The lowest BCUT2D eigenvalue weighted by molar-refractivity contribution is -0.384. The molecule has 1 saturated heterocycles. The number of piperidine rings is 1. The van der Waals surface area contributed by atoms with E-state index in [4.69, 9.17) is 0 Å². The summed E-state index contributed by atoms with van der Waals surface area (Å²) < 4.78 is 0. The van der Waals surface area contributed by atoms with Gasteiger partial charge in [-0.1, -0.05) is 18.6 Å². The van der Waals surface area contributed by atoms with Crippen molar-refractivity contribution in [1.29, 1.82) is 0 Å². The van der Waals surface area contributed by atoms with E-state index in [0.29, 0.717) is 6.54 Å². The lowest BCUT2D eigenvalue weighted by Gasteiger charge is -2.33. The smallest absolute Gasteiger partial charge is 0.269 e. The predicted octanol–water partition coefficient (Wildman–Crippen LogP) is 2.95. The maximum absolute atomic E-state index is 10.7. The highest BCUT2D eigenvalue weighted by molar-refractivity contribution is 5.34. The first kappa shape index (κ1) is 15.9. The lowest BCUT2D eigenvalue weighted by Crippen LogP contribution is -2.38. The number of nitro groups is 1. The summed E-state index contributed by atoms with van der Waals surface area (Å²) in [6.45, 7) is 6.33. The van der Waals surface area contributed by atoms with Gasteiger partial charge in [-0.15, -0.1) is 0 Å². The maximum Gasteiger partial charge on any atom is 0.269 e. The molecule has 1 atom stereocenters. The Bertz CT molecular complexity index is 465. The Morgan fingerprint density at radius 2 is 2.29 bits per heavy atom. The predicted molar refractivity (Wildman–Crippen MR) is 84.3 cm³/mol. The van der Waals surface area contributed by atoms with Gasteiger partial charge in [-0.2, -0.15) is 0 Å². The molecule has 0 spiro atoms. The van der Waals surface area contributed by atoms with Crippen LogP contribution in [0.4, 0.5) is 5.69 Å². The number of non-ortho nitro benzene ring substituents is 1. The molecule has 1 fully saturated rings. The molecule has 0 aromatic heterocycles. The number of benzene rings is 1. The third-order valence-electron chi connectivity index (χ3n) is 4.19. The summed E-state index contributed by atoms with van der Waals surface area (Å²) in [4.78, 5) is 12.9. The minimum Gasteiger partial charge on any atom is -0.313 e. The SMILES string of the molecule is CC1CCCCN1CCCNCc1cccc([N+](=O)[O-])c1. The van der Waals surface area contributed by atoms with Crippen LogP contribution in [0.3, 0.4) is 0 Å². The summed E-state index contributed by atoms with van der Waals surface area (Å²) in [5.41, 5.74) is 1.13. The summed E-state index contributed by atoms with van der Waals surface area (Å²) in [5, 5.41) is 14.1. The van der Waals surface area contributed by atoms with E-state index in [9.17, 15) is 10.1 Å². The van der Waals surface area contributed by atoms with E-state index in [2.05, 4.69) is 17.1 Å². The van der Waals surface area contributed by atoms with Gasteiger partial charge < -0.3 is 10.2 Å². The highest BCUT2D eigenvalue weighted by Gasteiger charge is 2.16. The Morgan fingerprint density at radius 1 is 1.43 bits per heavy atom. The third kappa shape index (κ3) is 5.10. The first-order chi connectivity index (χ1) is 10.2. The molecule has 1 heterocycles. The molecule has 0 radical (unpaired) electrons. The summed E-state index contributed by atoms with van der Waals surface area (Å²) >= 11 is 0. The largest absolute Gasteiger partial charge is 0.313 e. The number of likely N-dealkylation sites (tertiary alicyclic amines) is 1. The van der Waals surface area contributed by atoms with Crippen LogP contribution in [-0.4, -0.2) is 35.5 Å². The first-order valence-electron chi connectivity index (χ1n) is 7.85. The van der Waals surface area contributed by atoms with E-state index in [1.165, 1.54) is 31.9 Å². The van der Waals surface area contributed by atoms with Crippen molar-refractivity contribution in [1.82, 2.24) is 10.2 Å². The summed E-state index contributed by atoms with van der Waals surface area (Å²) in [7, 11) is 0. The molecule has 0 saturated carbocycles. The number of hydrogen-bond donors (Lipinski definition) is 1. The number of hydrogen-bond acceptors (Lipinski definition) is 4. The normalized spacial score (nSPS) is 19.6. The van der Waals surface area contributed by atoms with Crippen LogP contribution in [0.25, 0.3) is 0 Å². The number of nitrogens with one attached hydrogen (secondary N) is 1. The molecule has 1 aromatic rings. The Labute approximate surface area is 126 Å².